The zero-order valence-corrected chi connectivity index (χ0v) is 10.9. The number of hydrogen-bond acceptors (Lipinski definition) is 4. The second kappa shape index (κ2) is 7.03. The smallest absolute Gasteiger partial charge is 0.169 e. The van der Waals surface area contributed by atoms with E-state index in [2.05, 4.69) is 17.1 Å². The summed E-state index contributed by atoms with van der Waals surface area (Å²) in [5.74, 6) is 0. The lowest BCUT2D eigenvalue weighted by Crippen LogP contribution is -1.97. The number of aldehydes is 1. The fraction of sp³-hybridized carbons (Fsp3) is 0.286. The maximum absolute atomic E-state index is 10.5. The normalized spacial score (nSPS) is 10.4. The molecule has 0 fully saturated rings. The van der Waals surface area contributed by atoms with Crippen molar-refractivity contribution in [2.24, 2.45) is 0 Å². The molecule has 0 N–H and O–H groups in total. The van der Waals surface area contributed by atoms with Crippen LogP contribution in [0.4, 0.5) is 0 Å². The molecular formula is C14H15NO2S. The molecule has 0 aliphatic rings. The quantitative estimate of drug-likeness (QED) is 0.568. The minimum atomic E-state index is 0.528. The van der Waals surface area contributed by atoms with Crippen LogP contribution in [0.25, 0.3) is 0 Å². The highest BCUT2D eigenvalue weighted by atomic mass is 32.1. The van der Waals surface area contributed by atoms with Crippen LogP contribution >= 0.6 is 11.3 Å². The molecule has 18 heavy (non-hydrogen) atoms. The summed E-state index contributed by atoms with van der Waals surface area (Å²) in [6.07, 6.45) is 2.58. The first kappa shape index (κ1) is 12.9. The Labute approximate surface area is 110 Å². The molecule has 2 rings (SSSR count). The first-order valence-electron chi connectivity index (χ1n) is 5.90. The van der Waals surface area contributed by atoms with Crippen molar-refractivity contribution in [3.8, 4) is 0 Å². The Kier molecular flexibility index (Phi) is 5.05. The summed E-state index contributed by atoms with van der Waals surface area (Å²) in [6.45, 7) is 1.36. The van der Waals surface area contributed by atoms with E-state index in [1.807, 2.05) is 18.2 Å². The van der Waals surface area contributed by atoms with Gasteiger partial charge in [-0.2, -0.15) is 0 Å². The molecule has 4 heteroatoms. The zero-order valence-electron chi connectivity index (χ0n) is 10.0. The molecule has 1 aromatic heterocycles. The topological polar surface area (TPSA) is 39.2 Å². The maximum Gasteiger partial charge on any atom is 0.169 e. The number of rotatable bonds is 7. The van der Waals surface area contributed by atoms with Gasteiger partial charge >= 0.3 is 0 Å². The van der Waals surface area contributed by atoms with Crippen LogP contribution in [0.3, 0.4) is 0 Å². The number of nitrogens with zero attached hydrogens (tertiary/aromatic N) is 1. The monoisotopic (exact) mass is 261 g/mol. The van der Waals surface area contributed by atoms with Crippen molar-refractivity contribution in [3.05, 3.63) is 52.0 Å². The molecule has 0 atom stereocenters. The molecule has 0 amide bonds. The van der Waals surface area contributed by atoms with Crippen LogP contribution in [-0.2, 0) is 17.8 Å². The molecule has 0 aliphatic carbocycles. The highest BCUT2D eigenvalue weighted by Crippen LogP contribution is 2.10. The highest BCUT2D eigenvalue weighted by molar-refractivity contribution is 7.09. The Morgan fingerprint density at radius 3 is 2.83 bits per heavy atom. The van der Waals surface area contributed by atoms with E-state index in [0.717, 1.165) is 24.1 Å². The molecule has 2 aromatic rings. The summed E-state index contributed by atoms with van der Waals surface area (Å²) in [5, 5.41) is 2.79. The van der Waals surface area contributed by atoms with Crippen LogP contribution in [0.1, 0.15) is 27.5 Å². The van der Waals surface area contributed by atoms with Crippen LogP contribution in [0.5, 0.6) is 0 Å². The molecule has 94 valence electrons. The van der Waals surface area contributed by atoms with Crippen LogP contribution in [-0.4, -0.2) is 17.9 Å². The highest BCUT2D eigenvalue weighted by Gasteiger charge is 2.00. The molecule has 1 aromatic carbocycles. The molecule has 0 bridgehead atoms. The maximum atomic E-state index is 10.5. The summed E-state index contributed by atoms with van der Waals surface area (Å²) in [4.78, 5) is 14.7. The van der Waals surface area contributed by atoms with Gasteiger partial charge in [0.1, 0.15) is 5.69 Å². The number of carbonyl (C=O) groups excluding carboxylic acids is 1. The number of hydrogen-bond donors (Lipinski definition) is 0. The van der Waals surface area contributed by atoms with E-state index in [4.69, 9.17) is 4.74 Å². The molecule has 0 unspecified atom stereocenters. The Hall–Kier alpha value is -1.52. The van der Waals surface area contributed by atoms with Crippen LogP contribution in [0, 0.1) is 0 Å². The number of aryl methyl sites for hydroxylation is 1. The summed E-state index contributed by atoms with van der Waals surface area (Å²) < 4.78 is 5.58. The van der Waals surface area contributed by atoms with E-state index in [0.29, 0.717) is 18.9 Å². The van der Waals surface area contributed by atoms with E-state index >= 15 is 0 Å². The van der Waals surface area contributed by atoms with Gasteiger partial charge in [0.2, 0.25) is 0 Å². The lowest BCUT2D eigenvalue weighted by atomic mass is 10.2. The van der Waals surface area contributed by atoms with E-state index in [-0.39, 0.29) is 0 Å². The first-order chi connectivity index (χ1) is 8.88. The van der Waals surface area contributed by atoms with Crippen molar-refractivity contribution in [1.82, 2.24) is 4.98 Å². The predicted octanol–water partition coefficient (Wildman–Crippen LogP) is 3.11. The standard InChI is InChI=1S/C14H15NO2S/c16-9-13-11-18-14(15-13)7-4-8-17-10-12-5-2-1-3-6-12/h1-3,5-6,9,11H,4,7-8,10H2. The summed E-state index contributed by atoms with van der Waals surface area (Å²) in [7, 11) is 0. The van der Waals surface area contributed by atoms with Gasteiger partial charge in [-0.05, 0) is 12.0 Å². The minimum absolute atomic E-state index is 0.528. The van der Waals surface area contributed by atoms with Gasteiger partial charge in [0, 0.05) is 18.4 Å². The van der Waals surface area contributed by atoms with Gasteiger partial charge in [-0.15, -0.1) is 11.3 Å². The van der Waals surface area contributed by atoms with Gasteiger partial charge in [0.05, 0.1) is 11.6 Å². The van der Waals surface area contributed by atoms with E-state index < -0.39 is 0 Å². The SMILES string of the molecule is O=Cc1csc(CCCOCc2ccccc2)n1. The van der Waals surface area contributed by atoms with Gasteiger partial charge in [0.15, 0.2) is 6.29 Å². The average Bonchev–Trinajstić information content (AvgIpc) is 2.87. The second-order valence-electron chi connectivity index (χ2n) is 3.93. The Morgan fingerprint density at radius 1 is 1.28 bits per heavy atom. The molecule has 3 nitrogen and oxygen atoms in total. The second-order valence-corrected chi connectivity index (χ2v) is 4.87. The van der Waals surface area contributed by atoms with Gasteiger partial charge in [-0.25, -0.2) is 4.98 Å². The molecule has 0 radical (unpaired) electrons. The number of thiazole rings is 1. The summed E-state index contributed by atoms with van der Waals surface area (Å²) in [6, 6.07) is 10.1. The average molecular weight is 261 g/mol. The van der Waals surface area contributed by atoms with Crippen molar-refractivity contribution < 1.29 is 9.53 Å². The van der Waals surface area contributed by atoms with Crippen molar-refractivity contribution >= 4 is 17.6 Å². The number of aromatic nitrogens is 1. The predicted molar refractivity (Wildman–Crippen MR) is 71.9 cm³/mol. The first-order valence-corrected chi connectivity index (χ1v) is 6.77. The third-order valence-corrected chi connectivity index (χ3v) is 3.41. The number of benzene rings is 1. The Bertz CT molecular complexity index is 482. The van der Waals surface area contributed by atoms with Crippen molar-refractivity contribution in [2.45, 2.75) is 19.4 Å². The Balaban J connectivity index is 1.63. The number of carbonyl (C=O) groups is 1. The Morgan fingerprint density at radius 2 is 2.11 bits per heavy atom. The fourth-order valence-electron chi connectivity index (χ4n) is 1.58. The summed E-state index contributed by atoms with van der Waals surface area (Å²) >= 11 is 1.53. The molecule has 0 saturated carbocycles. The molecule has 0 saturated heterocycles. The lowest BCUT2D eigenvalue weighted by Gasteiger charge is -2.03. The van der Waals surface area contributed by atoms with Crippen molar-refractivity contribution in [1.29, 1.82) is 0 Å². The minimum Gasteiger partial charge on any atom is -0.377 e. The van der Waals surface area contributed by atoms with E-state index in [9.17, 15) is 4.79 Å². The third-order valence-electron chi connectivity index (χ3n) is 2.48. The summed E-state index contributed by atoms with van der Waals surface area (Å²) in [5.41, 5.74) is 1.72. The van der Waals surface area contributed by atoms with Crippen molar-refractivity contribution in [2.75, 3.05) is 6.61 Å². The molecule has 0 aliphatic heterocycles. The van der Waals surface area contributed by atoms with Crippen LogP contribution in [0.2, 0.25) is 0 Å². The lowest BCUT2D eigenvalue weighted by molar-refractivity contribution is 0.111. The molecule has 1 heterocycles. The third kappa shape index (κ3) is 4.05. The van der Waals surface area contributed by atoms with Gasteiger partial charge in [-0.3, -0.25) is 4.79 Å². The van der Waals surface area contributed by atoms with E-state index in [1.54, 1.807) is 5.38 Å². The largest absolute Gasteiger partial charge is 0.377 e. The van der Waals surface area contributed by atoms with Crippen LogP contribution in [0.15, 0.2) is 35.7 Å². The van der Waals surface area contributed by atoms with Crippen LogP contribution < -0.4 is 0 Å². The van der Waals surface area contributed by atoms with Crippen molar-refractivity contribution in [3.63, 3.8) is 0 Å². The molecular weight excluding hydrogens is 246 g/mol. The van der Waals surface area contributed by atoms with E-state index in [1.165, 1.54) is 16.9 Å². The molecule has 0 spiro atoms. The fourth-order valence-corrected chi connectivity index (χ4v) is 2.37. The van der Waals surface area contributed by atoms with Gasteiger partial charge in [-0.1, -0.05) is 30.3 Å². The number of ether oxygens (including phenoxy) is 1. The van der Waals surface area contributed by atoms with Gasteiger partial charge < -0.3 is 4.74 Å². The zero-order chi connectivity index (χ0) is 12.6. The van der Waals surface area contributed by atoms with Gasteiger partial charge in [0.25, 0.3) is 0 Å².